The molecule has 0 unspecified atom stereocenters. The maximum absolute atomic E-state index is 13.1. The van der Waals surface area contributed by atoms with Crippen LogP contribution in [0.15, 0.2) is 29.1 Å². The van der Waals surface area contributed by atoms with Gasteiger partial charge in [0.2, 0.25) is 17.8 Å². The molecule has 4 rings (SSSR count). The molecule has 0 saturated carbocycles. The van der Waals surface area contributed by atoms with Gasteiger partial charge in [-0.05, 0) is 56.7 Å². The predicted octanol–water partition coefficient (Wildman–Crippen LogP) is 3.73. The van der Waals surface area contributed by atoms with Gasteiger partial charge in [0.25, 0.3) is 5.56 Å². The molecule has 1 fully saturated rings. The van der Waals surface area contributed by atoms with Gasteiger partial charge >= 0.3 is 0 Å². The Labute approximate surface area is 187 Å². The zero-order chi connectivity index (χ0) is 23.0. The number of fused-ring (bicyclic) bond motifs is 1. The topological polar surface area (TPSA) is 107 Å². The summed E-state index contributed by atoms with van der Waals surface area (Å²) in [5.74, 6) is -0.600. The fourth-order valence-electron chi connectivity index (χ4n) is 4.73. The number of H-pyrrole nitrogens is 1. The number of carbonyl (C=O) groups is 2. The van der Waals surface area contributed by atoms with Crippen molar-refractivity contribution in [3.05, 3.63) is 45.7 Å². The van der Waals surface area contributed by atoms with Crippen LogP contribution in [0.3, 0.4) is 0 Å². The minimum atomic E-state index is -0.898. The largest absolute Gasteiger partial charge is 0.337 e. The lowest BCUT2D eigenvalue weighted by Gasteiger charge is -2.39. The number of nitrogens with one attached hydrogen (secondary N) is 3. The van der Waals surface area contributed by atoms with Crippen LogP contribution < -0.4 is 21.1 Å². The van der Waals surface area contributed by atoms with E-state index in [1.54, 1.807) is 0 Å². The molecule has 170 valence electrons. The molecule has 8 heteroatoms. The molecule has 3 heterocycles. The Bertz CT molecular complexity index is 1070. The lowest BCUT2D eigenvalue weighted by atomic mass is 9.92. The highest BCUT2D eigenvalue weighted by Gasteiger charge is 2.36. The fourth-order valence-corrected chi connectivity index (χ4v) is 4.73. The Morgan fingerprint density at radius 2 is 1.78 bits per heavy atom. The third kappa shape index (κ3) is 4.26. The van der Waals surface area contributed by atoms with Gasteiger partial charge in [-0.25, -0.2) is 0 Å². The number of nitrogens with zero attached hydrogens (tertiary/aromatic N) is 2. The summed E-state index contributed by atoms with van der Waals surface area (Å²) < 4.78 is 0. The minimum absolute atomic E-state index is 0.0937. The molecular weight excluding hydrogens is 406 g/mol. The Hall–Kier alpha value is -3.16. The van der Waals surface area contributed by atoms with Gasteiger partial charge < -0.3 is 15.5 Å². The van der Waals surface area contributed by atoms with E-state index in [0.717, 1.165) is 19.3 Å². The average molecular weight is 438 g/mol. The molecule has 2 aromatic rings. The van der Waals surface area contributed by atoms with E-state index in [1.807, 2.05) is 24.3 Å². The lowest BCUT2D eigenvalue weighted by molar-refractivity contribution is -0.123. The standard InChI is InChI=1S/C24H31N5O3/c1-13(2)16-8-10-17(11-9-16)25-22(31)18-12-19(30)26-21-20(18)23(32)28-24(27-21)29-14(3)6-5-7-15(29)4/h8-11,13-15,18H,5-7,12H2,1-4H3,(H,25,31)(H2,26,27,28,30,32)/t14-,15-,18-/m0/s1. The van der Waals surface area contributed by atoms with E-state index in [4.69, 9.17) is 0 Å². The van der Waals surface area contributed by atoms with E-state index >= 15 is 0 Å². The second-order valence-corrected chi connectivity index (χ2v) is 9.26. The molecule has 8 nitrogen and oxygen atoms in total. The first-order valence-corrected chi connectivity index (χ1v) is 11.4. The van der Waals surface area contributed by atoms with Crippen molar-refractivity contribution in [3.63, 3.8) is 0 Å². The van der Waals surface area contributed by atoms with Crippen molar-refractivity contribution in [2.45, 2.75) is 77.3 Å². The summed E-state index contributed by atoms with van der Waals surface area (Å²) >= 11 is 0. The predicted molar refractivity (Wildman–Crippen MR) is 125 cm³/mol. The van der Waals surface area contributed by atoms with Crippen molar-refractivity contribution in [1.29, 1.82) is 0 Å². The molecule has 1 saturated heterocycles. The number of piperidine rings is 1. The lowest BCUT2D eigenvalue weighted by Crippen LogP contribution is -2.46. The molecule has 0 radical (unpaired) electrons. The maximum Gasteiger partial charge on any atom is 0.258 e. The summed E-state index contributed by atoms with van der Waals surface area (Å²) in [5, 5.41) is 5.55. The molecule has 2 amide bonds. The molecule has 3 N–H and O–H groups in total. The highest BCUT2D eigenvalue weighted by Crippen LogP contribution is 2.32. The van der Waals surface area contributed by atoms with Crippen molar-refractivity contribution in [3.8, 4) is 0 Å². The number of hydrogen-bond donors (Lipinski definition) is 3. The maximum atomic E-state index is 13.1. The summed E-state index contributed by atoms with van der Waals surface area (Å²) in [4.78, 5) is 48.1. The van der Waals surface area contributed by atoms with E-state index in [9.17, 15) is 14.4 Å². The van der Waals surface area contributed by atoms with Crippen molar-refractivity contribution < 1.29 is 9.59 Å². The van der Waals surface area contributed by atoms with Crippen molar-refractivity contribution in [2.75, 3.05) is 15.5 Å². The summed E-state index contributed by atoms with van der Waals surface area (Å²) in [7, 11) is 0. The van der Waals surface area contributed by atoms with E-state index in [-0.39, 0.29) is 41.4 Å². The van der Waals surface area contributed by atoms with Crippen LogP contribution in [0.5, 0.6) is 0 Å². The van der Waals surface area contributed by atoms with Gasteiger partial charge in [0.05, 0.1) is 11.5 Å². The van der Waals surface area contributed by atoms with Crippen LogP contribution >= 0.6 is 0 Å². The third-order valence-corrected chi connectivity index (χ3v) is 6.54. The molecule has 0 bridgehead atoms. The summed E-state index contributed by atoms with van der Waals surface area (Å²) in [6, 6.07) is 8.05. The molecule has 2 aliphatic heterocycles. The Morgan fingerprint density at radius 3 is 2.41 bits per heavy atom. The van der Waals surface area contributed by atoms with Crippen molar-refractivity contribution in [1.82, 2.24) is 9.97 Å². The van der Waals surface area contributed by atoms with Gasteiger partial charge in [0, 0.05) is 24.2 Å². The van der Waals surface area contributed by atoms with Crippen LogP contribution in [0.2, 0.25) is 0 Å². The van der Waals surface area contributed by atoms with Crippen LogP contribution in [0.1, 0.15) is 76.3 Å². The number of aromatic nitrogens is 2. The molecule has 32 heavy (non-hydrogen) atoms. The van der Waals surface area contributed by atoms with E-state index in [0.29, 0.717) is 17.6 Å². The number of hydrogen-bond acceptors (Lipinski definition) is 5. The third-order valence-electron chi connectivity index (χ3n) is 6.54. The number of amides is 2. The van der Waals surface area contributed by atoms with Crippen LogP contribution in [-0.2, 0) is 9.59 Å². The van der Waals surface area contributed by atoms with Crippen LogP contribution in [0, 0.1) is 0 Å². The Balaban J connectivity index is 1.63. The molecule has 0 aliphatic carbocycles. The first-order valence-electron chi connectivity index (χ1n) is 11.4. The van der Waals surface area contributed by atoms with Crippen LogP contribution in [-0.4, -0.2) is 33.9 Å². The molecule has 0 spiro atoms. The zero-order valence-corrected chi connectivity index (χ0v) is 19.1. The first-order chi connectivity index (χ1) is 15.2. The average Bonchev–Trinajstić information content (AvgIpc) is 2.73. The quantitative estimate of drug-likeness (QED) is 0.676. The molecular formula is C24H31N5O3. The van der Waals surface area contributed by atoms with Crippen LogP contribution in [0.25, 0.3) is 0 Å². The highest BCUT2D eigenvalue weighted by molar-refractivity contribution is 6.04. The second kappa shape index (κ2) is 8.76. The van der Waals surface area contributed by atoms with Crippen molar-refractivity contribution >= 4 is 29.3 Å². The van der Waals surface area contributed by atoms with E-state index in [1.165, 1.54) is 5.56 Å². The summed E-state index contributed by atoms with van der Waals surface area (Å²) in [5.41, 5.74) is 1.62. The normalized spacial score (nSPS) is 23.0. The molecule has 2 aliphatic rings. The zero-order valence-electron chi connectivity index (χ0n) is 19.1. The van der Waals surface area contributed by atoms with E-state index < -0.39 is 11.8 Å². The second-order valence-electron chi connectivity index (χ2n) is 9.26. The van der Waals surface area contributed by atoms with Gasteiger partial charge in [-0.2, -0.15) is 4.98 Å². The minimum Gasteiger partial charge on any atom is -0.337 e. The molecule has 1 aromatic carbocycles. The van der Waals surface area contributed by atoms with Crippen molar-refractivity contribution in [2.24, 2.45) is 0 Å². The fraction of sp³-hybridized carbons (Fsp3) is 0.500. The summed E-state index contributed by atoms with van der Waals surface area (Å²) in [6.07, 6.45) is 3.06. The number of carbonyl (C=O) groups excluding carboxylic acids is 2. The Kier molecular flexibility index (Phi) is 6.04. The smallest absolute Gasteiger partial charge is 0.258 e. The Morgan fingerprint density at radius 1 is 1.12 bits per heavy atom. The monoisotopic (exact) mass is 437 g/mol. The van der Waals surface area contributed by atoms with Gasteiger partial charge in [0.1, 0.15) is 5.82 Å². The van der Waals surface area contributed by atoms with E-state index in [2.05, 4.69) is 53.2 Å². The highest BCUT2D eigenvalue weighted by atomic mass is 16.2. The SMILES string of the molecule is CC(C)c1ccc(NC(=O)[C@H]2CC(=O)Nc3nc(N4[C@@H](C)CCC[C@@H]4C)[nH]c(=O)c32)cc1. The van der Waals surface area contributed by atoms with Gasteiger partial charge in [-0.15, -0.1) is 0 Å². The van der Waals surface area contributed by atoms with Gasteiger partial charge in [0.15, 0.2) is 0 Å². The van der Waals surface area contributed by atoms with Gasteiger partial charge in [-0.3, -0.25) is 19.4 Å². The molecule has 1 aromatic heterocycles. The number of anilines is 3. The molecule has 3 atom stereocenters. The first kappa shape index (κ1) is 22.0. The van der Waals surface area contributed by atoms with Gasteiger partial charge in [-0.1, -0.05) is 26.0 Å². The van der Waals surface area contributed by atoms with Crippen LogP contribution in [0.4, 0.5) is 17.5 Å². The number of rotatable bonds is 4. The number of aromatic amines is 1. The number of benzene rings is 1. The summed E-state index contributed by atoms with van der Waals surface area (Å²) in [6.45, 7) is 8.41.